The third-order valence-electron chi connectivity index (χ3n) is 3.36. The second kappa shape index (κ2) is 5.75. The Morgan fingerprint density at radius 1 is 1.22 bits per heavy atom. The normalized spacial score (nSPS) is 15.7. The fourth-order valence-corrected chi connectivity index (χ4v) is 2.07. The van der Waals surface area contributed by atoms with Crippen LogP contribution in [0.4, 0.5) is 0 Å². The Morgan fingerprint density at radius 3 is 2.61 bits per heavy atom. The summed E-state index contributed by atoms with van der Waals surface area (Å²) in [5.41, 5.74) is 1.42. The summed E-state index contributed by atoms with van der Waals surface area (Å²) in [7, 11) is 0. The van der Waals surface area contributed by atoms with Crippen molar-refractivity contribution in [1.29, 1.82) is 0 Å². The summed E-state index contributed by atoms with van der Waals surface area (Å²) in [5.74, 6) is 1.96. The van der Waals surface area contributed by atoms with Gasteiger partial charge < -0.3 is 10.1 Å². The lowest BCUT2D eigenvalue weighted by Crippen LogP contribution is -2.24. The zero-order valence-corrected chi connectivity index (χ0v) is 11.8. The molecule has 1 aromatic rings. The molecule has 0 aromatic heterocycles. The molecule has 0 amide bonds. The summed E-state index contributed by atoms with van der Waals surface area (Å²) in [6.07, 6.45) is 2.81. The van der Waals surface area contributed by atoms with Crippen molar-refractivity contribution in [3.63, 3.8) is 0 Å². The van der Waals surface area contributed by atoms with Gasteiger partial charge in [0, 0.05) is 6.54 Å². The van der Waals surface area contributed by atoms with Crippen molar-refractivity contribution < 1.29 is 4.74 Å². The Balaban J connectivity index is 1.80. The predicted octanol–water partition coefficient (Wildman–Crippen LogP) is 3.36. The Hall–Kier alpha value is -1.02. The molecule has 100 valence electrons. The smallest absolute Gasteiger partial charge is 0.123 e. The van der Waals surface area contributed by atoms with E-state index in [0.29, 0.717) is 0 Å². The van der Waals surface area contributed by atoms with E-state index in [0.717, 1.165) is 31.4 Å². The molecule has 0 bridgehead atoms. The van der Waals surface area contributed by atoms with E-state index in [1.165, 1.54) is 18.4 Å². The van der Waals surface area contributed by atoms with Crippen molar-refractivity contribution >= 4 is 0 Å². The molecule has 1 saturated carbocycles. The molecule has 18 heavy (non-hydrogen) atoms. The van der Waals surface area contributed by atoms with E-state index in [9.17, 15) is 0 Å². The zero-order chi connectivity index (χ0) is 13.0. The minimum atomic E-state index is 0.137. The van der Waals surface area contributed by atoms with E-state index in [2.05, 4.69) is 44.3 Å². The molecule has 2 nitrogen and oxygen atoms in total. The highest BCUT2D eigenvalue weighted by atomic mass is 16.5. The van der Waals surface area contributed by atoms with Crippen LogP contribution in [0, 0.1) is 5.92 Å². The molecule has 2 heteroatoms. The van der Waals surface area contributed by atoms with Crippen molar-refractivity contribution in [3.8, 4) is 5.75 Å². The average molecular weight is 247 g/mol. The van der Waals surface area contributed by atoms with Gasteiger partial charge in [-0.15, -0.1) is 0 Å². The first kappa shape index (κ1) is 13.4. The summed E-state index contributed by atoms with van der Waals surface area (Å²) in [4.78, 5) is 0. The molecule has 0 unspecified atom stereocenters. The number of benzene rings is 1. The van der Waals surface area contributed by atoms with Crippen LogP contribution in [0.3, 0.4) is 0 Å². The molecule has 0 spiro atoms. The summed E-state index contributed by atoms with van der Waals surface area (Å²) in [5, 5.41) is 3.45. The molecule has 0 saturated heterocycles. The van der Waals surface area contributed by atoms with Crippen molar-refractivity contribution in [2.45, 2.75) is 39.0 Å². The Morgan fingerprint density at radius 2 is 1.94 bits per heavy atom. The fraction of sp³-hybridized carbons (Fsp3) is 0.625. The number of para-hydroxylation sites is 1. The van der Waals surface area contributed by atoms with Crippen LogP contribution < -0.4 is 10.1 Å². The third-order valence-corrected chi connectivity index (χ3v) is 3.36. The lowest BCUT2D eigenvalue weighted by Gasteiger charge is -2.22. The molecule has 1 aliphatic rings. The Bertz CT molecular complexity index is 377. The quantitative estimate of drug-likeness (QED) is 0.778. The second-order valence-corrected chi connectivity index (χ2v) is 6.24. The summed E-state index contributed by atoms with van der Waals surface area (Å²) < 4.78 is 5.90. The minimum Gasteiger partial charge on any atom is -0.492 e. The zero-order valence-electron chi connectivity index (χ0n) is 11.8. The lowest BCUT2D eigenvalue weighted by atomic mass is 9.86. The van der Waals surface area contributed by atoms with Gasteiger partial charge >= 0.3 is 0 Å². The van der Waals surface area contributed by atoms with E-state index in [1.807, 2.05) is 6.07 Å². The van der Waals surface area contributed by atoms with Crippen molar-refractivity contribution in [3.05, 3.63) is 29.8 Å². The van der Waals surface area contributed by atoms with Gasteiger partial charge in [0.05, 0.1) is 0 Å². The van der Waals surface area contributed by atoms with E-state index in [1.54, 1.807) is 0 Å². The average Bonchev–Trinajstić information content (AvgIpc) is 3.12. The molecule has 2 rings (SSSR count). The number of rotatable bonds is 6. The molecule has 1 aliphatic carbocycles. The second-order valence-electron chi connectivity index (χ2n) is 6.24. The first-order valence-corrected chi connectivity index (χ1v) is 7.00. The van der Waals surface area contributed by atoms with Crippen LogP contribution in [0.15, 0.2) is 24.3 Å². The number of hydrogen-bond donors (Lipinski definition) is 1. The van der Waals surface area contributed by atoms with Crippen molar-refractivity contribution in [2.24, 2.45) is 5.92 Å². The van der Waals surface area contributed by atoms with E-state index >= 15 is 0 Å². The first-order chi connectivity index (χ1) is 8.57. The largest absolute Gasteiger partial charge is 0.492 e. The number of ether oxygens (including phenoxy) is 1. The first-order valence-electron chi connectivity index (χ1n) is 7.00. The molecule has 0 atom stereocenters. The standard InChI is InChI=1S/C16H25NO/c1-16(2,3)14-6-4-5-7-15(14)18-11-10-17-12-13-8-9-13/h4-7,13,17H,8-12H2,1-3H3. The van der Waals surface area contributed by atoms with Gasteiger partial charge in [-0.25, -0.2) is 0 Å². The van der Waals surface area contributed by atoms with Gasteiger partial charge in [-0.1, -0.05) is 39.0 Å². The van der Waals surface area contributed by atoms with Crippen molar-refractivity contribution in [1.82, 2.24) is 5.32 Å². The van der Waals surface area contributed by atoms with Gasteiger partial charge in [0.1, 0.15) is 12.4 Å². The highest BCUT2D eigenvalue weighted by Gasteiger charge is 2.20. The molecule has 0 radical (unpaired) electrons. The monoisotopic (exact) mass is 247 g/mol. The minimum absolute atomic E-state index is 0.137. The van der Waals surface area contributed by atoms with Gasteiger partial charge in [0.2, 0.25) is 0 Å². The van der Waals surface area contributed by atoms with Crippen LogP contribution >= 0.6 is 0 Å². The Kier molecular flexibility index (Phi) is 4.28. The van der Waals surface area contributed by atoms with Gasteiger partial charge in [-0.05, 0) is 42.3 Å². The van der Waals surface area contributed by atoms with E-state index < -0.39 is 0 Å². The highest BCUT2D eigenvalue weighted by molar-refractivity contribution is 5.38. The number of nitrogens with one attached hydrogen (secondary N) is 1. The molecule has 1 aromatic carbocycles. The molecule has 0 heterocycles. The third kappa shape index (κ3) is 4.02. The van der Waals surface area contributed by atoms with E-state index in [-0.39, 0.29) is 5.41 Å². The highest BCUT2D eigenvalue weighted by Crippen LogP contribution is 2.30. The van der Waals surface area contributed by atoms with Crippen LogP contribution in [-0.2, 0) is 5.41 Å². The van der Waals surface area contributed by atoms with Gasteiger partial charge in [0.25, 0.3) is 0 Å². The molecule has 1 N–H and O–H groups in total. The SMILES string of the molecule is CC(C)(C)c1ccccc1OCCNCC1CC1. The van der Waals surface area contributed by atoms with Crippen LogP contribution in [0.1, 0.15) is 39.2 Å². The maximum atomic E-state index is 5.90. The summed E-state index contributed by atoms with van der Waals surface area (Å²) >= 11 is 0. The maximum absolute atomic E-state index is 5.90. The van der Waals surface area contributed by atoms with Crippen LogP contribution in [0.2, 0.25) is 0 Å². The van der Waals surface area contributed by atoms with Crippen molar-refractivity contribution in [2.75, 3.05) is 19.7 Å². The van der Waals surface area contributed by atoms with Gasteiger partial charge in [-0.2, -0.15) is 0 Å². The fourth-order valence-electron chi connectivity index (χ4n) is 2.07. The Labute approximate surface area is 111 Å². The lowest BCUT2D eigenvalue weighted by molar-refractivity contribution is 0.305. The van der Waals surface area contributed by atoms with Gasteiger partial charge in [-0.3, -0.25) is 0 Å². The van der Waals surface area contributed by atoms with Crippen LogP contribution in [0.25, 0.3) is 0 Å². The van der Waals surface area contributed by atoms with Crippen LogP contribution in [-0.4, -0.2) is 19.7 Å². The summed E-state index contributed by atoms with van der Waals surface area (Å²) in [6, 6.07) is 8.36. The molecular weight excluding hydrogens is 222 g/mol. The molecule has 1 fully saturated rings. The predicted molar refractivity (Wildman–Crippen MR) is 76.2 cm³/mol. The van der Waals surface area contributed by atoms with Crippen LogP contribution in [0.5, 0.6) is 5.75 Å². The van der Waals surface area contributed by atoms with E-state index in [4.69, 9.17) is 4.74 Å². The molecular formula is C16H25NO. The van der Waals surface area contributed by atoms with Gasteiger partial charge in [0.15, 0.2) is 0 Å². The topological polar surface area (TPSA) is 21.3 Å². The maximum Gasteiger partial charge on any atom is 0.123 e. The number of hydrogen-bond acceptors (Lipinski definition) is 2. The molecule has 0 aliphatic heterocycles. The summed E-state index contributed by atoms with van der Waals surface area (Å²) in [6.45, 7) is 9.51.